The second-order valence-corrected chi connectivity index (χ2v) is 3.70. The first kappa shape index (κ1) is 14.6. The molecule has 0 saturated heterocycles. The van der Waals surface area contributed by atoms with Gasteiger partial charge >= 0.3 is 5.97 Å². The highest BCUT2D eigenvalue weighted by Gasteiger charge is 2.42. The number of carbonyl (C=O) groups excluding carboxylic acids is 2. The number of esters is 1. The van der Waals surface area contributed by atoms with Crippen molar-refractivity contribution in [1.82, 2.24) is 0 Å². The monoisotopic (exact) mass is 228 g/mol. The van der Waals surface area contributed by atoms with Crippen molar-refractivity contribution in [2.24, 2.45) is 16.1 Å². The van der Waals surface area contributed by atoms with Crippen molar-refractivity contribution in [3.05, 3.63) is 0 Å². The minimum atomic E-state index is -1.08. The van der Waals surface area contributed by atoms with Gasteiger partial charge in [-0.2, -0.15) is 0 Å². The summed E-state index contributed by atoms with van der Waals surface area (Å²) in [7, 11) is 2.86. The van der Waals surface area contributed by atoms with Gasteiger partial charge in [-0.1, -0.05) is 6.92 Å². The molecular formula is C11H20N2O3. The average Bonchev–Trinajstić information content (AvgIpc) is 2.28. The fourth-order valence-corrected chi connectivity index (χ4v) is 1.64. The summed E-state index contributed by atoms with van der Waals surface area (Å²) in [6.07, 6.45) is 1.17. The lowest BCUT2D eigenvalue weighted by atomic mass is 9.77. The zero-order valence-electron chi connectivity index (χ0n) is 10.4. The summed E-state index contributed by atoms with van der Waals surface area (Å²) in [5.41, 5.74) is 4.48. The Bertz CT molecular complexity index is 300. The van der Waals surface area contributed by atoms with Gasteiger partial charge in [-0.05, 0) is 19.8 Å². The summed E-state index contributed by atoms with van der Waals surface area (Å²) < 4.78 is 4.69. The number of amidine groups is 1. The molecule has 2 N–H and O–H groups in total. The molecule has 0 amide bonds. The Morgan fingerprint density at radius 2 is 2.00 bits per heavy atom. The fraction of sp³-hybridized carbons (Fsp3) is 0.727. The molecule has 0 aliphatic rings. The molecule has 0 spiro atoms. The van der Waals surface area contributed by atoms with E-state index in [0.717, 1.165) is 0 Å². The molecule has 0 fully saturated rings. The van der Waals surface area contributed by atoms with Crippen molar-refractivity contribution in [2.75, 3.05) is 14.2 Å². The van der Waals surface area contributed by atoms with Crippen LogP contribution in [0.25, 0.3) is 0 Å². The summed E-state index contributed by atoms with van der Waals surface area (Å²) in [6, 6.07) is 0. The predicted octanol–water partition coefficient (Wildman–Crippen LogP) is 0.912. The third-order valence-electron chi connectivity index (χ3n) is 2.95. The molecule has 1 atom stereocenters. The number of nitrogens with zero attached hydrogens (tertiary/aromatic N) is 1. The molecule has 5 heteroatoms. The van der Waals surface area contributed by atoms with Gasteiger partial charge in [0.15, 0.2) is 0 Å². The van der Waals surface area contributed by atoms with Gasteiger partial charge in [0.25, 0.3) is 0 Å². The first-order valence-corrected chi connectivity index (χ1v) is 5.25. The van der Waals surface area contributed by atoms with Crippen LogP contribution in [0.15, 0.2) is 4.99 Å². The van der Waals surface area contributed by atoms with E-state index in [-0.39, 0.29) is 5.78 Å². The summed E-state index contributed by atoms with van der Waals surface area (Å²) in [4.78, 5) is 27.1. The van der Waals surface area contributed by atoms with Crippen molar-refractivity contribution in [1.29, 1.82) is 0 Å². The van der Waals surface area contributed by atoms with Crippen molar-refractivity contribution >= 4 is 17.6 Å². The molecule has 1 unspecified atom stereocenters. The molecule has 16 heavy (non-hydrogen) atoms. The van der Waals surface area contributed by atoms with Gasteiger partial charge in [0, 0.05) is 13.5 Å². The van der Waals surface area contributed by atoms with Gasteiger partial charge in [-0.25, -0.2) is 0 Å². The van der Waals surface area contributed by atoms with E-state index in [4.69, 9.17) is 10.5 Å². The fourth-order valence-electron chi connectivity index (χ4n) is 1.64. The summed E-state index contributed by atoms with van der Waals surface area (Å²) in [6.45, 7) is 3.19. The maximum Gasteiger partial charge on any atom is 0.319 e. The molecule has 0 aliphatic heterocycles. The third kappa shape index (κ3) is 3.05. The SMILES string of the molecule is CCC(CCC(N)=NC)(C(C)=O)C(=O)OC. The molecule has 0 radical (unpaired) electrons. The zero-order chi connectivity index (χ0) is 12.8. The van der Waals surface area contributed by atoms with Crippen LogP contribution in [0.1, 0.15) is 33.1 Å². The number of hydrogen-bond acceptors (Lipinski definition) is 4. The van der Waals surface area contributed by atoms with E-state index < -0.39 is 11.4 Å². The van der Waals surface area contributed by atoms with Gasteiger partial charge in [0.1, 0.15) is 11.2 Å². The van der Waals surface area contributed by atoms with Crippen LogP contribution in [-0.4, -0.2) is 31.7 Å². The number of hydrogen-bond donors (Lipinski definition) is 1. The van der Waals surface area contributed by atoms with Crippen LogP contribution in [0.5, 0.6) is 0 Å². The second kappa shape index (κ2) is 6.25. The Morgan fingerprint density at radius 3 is 2.31 bits per heavy atom. The van der Waals surface area contributed by atoms with Crippen molar-refractivity contribution in [3.63, 3.8) is 0 Å². The molecule has 0 heterocycles. The second-order valence-electron chi connectivity index (χ2n) is 3.70. The van der Waals surface area contributed by atoms with E-state index in [1.165, 1.54) is 14.0 Å². The normalized spacial score (nSPS) is 15.4. The number of rotatable bonds is 6. The van der Waals surface area contributed by atoms with E-state index in [2.05, 4.69) is 4.99 Å². The minimum Gasteiger partial charge on any atom is -0.468 e. The lowest BCUT2D eigenvalue weighted by Crippen LogP contribution is -2.39. The van der Waals surface area contributed by atoms with Crippen molar-refractivity contribution in [2.45, 2.75) is 33.1 Å². The Balaban J connectivity index is 4.92. The number of methoxy groups -OCH3 is 1. The zero-order valence-corrected chi connectivity index (χ0v) is 10.4. The molecule has 5 nitrogen and oxygen atoms in total. The maximum atomic E-state index is 11.7. The first-order chi connectivity index (χ1) is 7.44. The van der Waals surface area contributed by atoms with Crippen LogP contribution < -0.4 is 5.73 Å². The quantitative estimate of drug-likeness (QED) is 0.317. The number of aliphatic imine (C=N–C) groups is 1. The summed E-state index contributed by atoms with van der Waals surface area (Å²) in [5, 5.41) is 0. The lowest BCUT2D eigenvalue weighted by Gasteiger charge is -2.26. The predicted molar refractivity (Wildman–Crippen MR) is 62.2 cm³/mol. The summed E-state index contributed by atoms with van der Waals surface area (Å²) in [5.74, 6) is -0.250. The number of nitrogens with two attached hydrogens (primary N) is 1. The Hall–Kier alpha value is -1.39. The average molecular weight is 228 g/mol. The van der Waals surface area contributed by atoms with Gasteiger partial charge < -0.3 is 10.5 Å². The molecule has 0 rings (SSSR count). The largest absolute Gasteiger partial charge is 0.468 e. The topological polar surface area (TPSA) is 81.8 Å². The smallest absolute Gasteiger partial charge is 0.319 e. The lowest BCUT2D eigenvalue weighted by molar-refractivity contribution is -0.158. The summed E-state index contributed by atoms with van der Waals surface area (Å²) >= 11 is 0. The van der Waals surface area contributed by atoms with E-state index in [1.54, 1.807) is 14.0 Å². The van der Waals surface area contributed by atoms with E-state index in [1.807, 2.05) is 0 Å². The maximum absolute atomic E-state index is 11.7. The van der Waals surface area contributed by atoms with Crippen LogP contribution in [0.3, 0.4) is 0 Å². The molecule has 0 aromatic carbocycles. The molecular weight excluding hydrogens is 208 g/mol. The van der Waals surface area contributed by atoms with Crippen molar-refractivity contribution < 1.29 is 14.3 Å². The van der Waals surface area contributed by atoms with E-state index >= 15 is 0 Å². The number of ether oxygens (including phenoxy) is 1. The van der Waals surface area contributed by atoms with Gasteiger partial charge in [0.05, 0.1) is 12.9 Å². The van der Waals surface area contributed by atoms with E-state index in [9.17, 15) is 9.59 Å². The van der Waals surface area contributed by atoms with E-state index in [0.29, 0.717) is 25.1 Å². The van der Waals surface area contributed by atoms with Crippen LogP contribution >= 0.6 is 0 Å². The van der Waals surface area contributed by atoms with Crippen molar-refractivity contribution in [3.8, 4) is 0 Å². The third-order valence-corrected chi connectivity index (χ3v) is 2.95. The van der Waals surface area contributed by atoms with Crippen LogP contribution in [-0.2, 0) is 14.3 Å². The molecule has 92 valence electrons. The highest BCUT2D eigenvalue weighted by atomic mass is 16.5. The molecule has 0 aromatic rings. The highest BCUT2D eigenvalue weighted by molar-refractivity contribution is 6.03. The number of ketones is 1. The Labute approximate surface area is 96.1 Å². The Morgan fingerprint density at radius 1 is 1.44 bits per heavy atom. The van der Waals surface area contributed by atoms with Crippen LogP contribution in [0, 0.1) is 5.41 Å². The van der Waals surface area contributed by atoms with Gasteiger partial charge in [-0.15, -0.1) is 0 Å². The minimum absolute atomic E-state index is 0.189. The standard InChI is InChI=1S/C11H20N2O3/c1-5-11(8(2)14,10(15)16-4)7-6-9(12)13-3/h5-7H2,1-4H3,(H2,12,13). The molecule has 0 aromatic heterocycles. The first-order valence-electron chi connectivity index (χ1n) is 5.25. The van der Waals surface area contributed by atoms with Crippen LogP contribution in [0.2, 0.25) is 0 Å². The molecule has 0 bridgehead atoms. The molecule has 0 saturated carbocycles. The van der Waals surface area contributed by atoms with Crippen LogP contribution in [0.4, 0.5) is 0 Å². The van der Waals surface area contributed by atoms with Gasteiger partial charge in [-0.3, -0.25) is 14.6 Å². The number of Topliss-reactive ketones (excluding diaryl/α,β-unsaturated/α-hetero) is 1. The Kier molecular flexibility index (Phi) is 5.71. The van der Waals surface area contributed by atoms with Gasteiger partial charge in [0.2, 0.25) is 0 Å². The molecule has 0 aliphatic carbocycles. The highest BCUT2D eigenvalue weighted by Crippen LogP contribution is 2.30. The number of carbonyl (C=O) groups is 2.